The molecule has 3 rings (SSSR count). The first-order valence-corrected chi connectivity index (χ1v) is 10.1. The zero-order valence-corrected chi connectivity index (χ0v) is 17.8. The van der Waals surface area contributed by atoms with E-state index in [2.05, 4.69) is 10.4 Å². The molecule has 1 N–H and O–H groups in total. The molecule has 0 radical (unpaired) electrons. The fourth-order valence-corrected chi connectivity index (χ4v) is 3.12. The molecule has 1 heterocycles. The predicted molar refractivity (Wildman–Crippen MR) is 117 cm³/mol. The van der Waals surface area contributed by atoms with E-state index in [0.717, 1.165) is 14.8 Å². The van der Waals surface area contributed by atoms with Gasteiger partial charge in [0.15, 0.2) is 0 Å². The maximum Gasteiger partial charge on any atom is 0.352 e. The number of aromatic nitrogens is 3. The summed E-state index contributed by atoms with van der Waals surface area (Å²) in [6, 6.07) is 14.8. The molecule has 1 amide bonds. The van der Waals surface area contributed by atoms with Gasteiger partial charge in [-0.15, -0.1) is 0 Å². The minimum atomic E-state index is -0.734. The summed E-state index contributed by atoms with van der Waals surface area (Å²) in [6.45, 7) is 5.49. The summed E-state index contributed by atoms with van der Waals surface area (Å²) >= 11 is 5.95. The van der Waals surface area contributed by atoms with Crippen molar-refractivity contribution in [3.8, 4) is 5.69 Å². The van der Waals surface area contributed by atoms with Gasteiger partial charge in [-0.3, -0.25) is 9.59 Å². The van der Waals surface area contributed by atoms with E-state index >= 15 is 0 Å². The molecule has 0 fully saturated rings. The van der Waals surface area contributed by atoms with Gasteiger partial charge in [0.2, 0.25) is 5.69 Å². The van der Waals surface area contributed by atoms with E-state index in [-0.39, 0.29) is 11.7 Å². The lowest BCUT2D eigenvalue weighted by Crippen LogP contribution is -2.48. The molecular weight excluding hydrogens is 404 g/mol. The summed E-state index contributed by atoms with van der Waals surface area (Å²) in [6.07, 6.45) is 0.692. The zero-order valence-electron chi connectivity index (χ0n) is 17.0. The number of nitrogens with one attached hydrogen (secondary N) is 1. The van der Waals surface area contributed by atoms with Crippen molar-refractivity contribution in [2.45, 2.75) is 39.3 Å². The minimum Gasteiger partial charge on any atom is -0.348 e. The van der Waals surface area contributed by atoms with Crippen molar-refractivity contribution >= 4 is 17.5 Å². The van der Waals surface area contributed by atoms with E-state index in [0.29, 0.717) is 17.1 Å². The highest BCUT2D eigenvalue weighted by molar-refractivity contribution is 6.30. The molecule has 0 spiro atoms. The van der Waals surface area contributed by atoms with E-state index in [1.807, 2.05) is 44.2 Å². The molecule has 30 heavy (non-hydrogen) atoms. The number of benzene rings is 2. The number of nitrogens with zero attached hydrogens (tertiary/aromatic N) is 3. The number of hydrogen-bond acceptors (Lipinski definition) is 4. The molecule has 1 aromatic heterocycles. The van der Waals surface area contributed by atoms with Crippen LogP contribution in [0.2, 0.25) is 5.02 Å². The van der Waals surface area contributed by atoms with Gasteiger partial charge < -0.3 is 5.32 Å². The van der Waals surface area contributed by atoms with E-state index in [4.69, 9.17) is 11.6 Å². The van der Waals surface area contributed by atoms with Crippen molar-refractivity contribution in [2.24, 2.45) is 0 Å². The van der Waals surface area contributed by atoms with Crippen molar-refractivity contribution in [1.29, 1.82) is 0 Å². The highest BCUT2D eigenvalue weighted by Gasteiger charge is 2.24. The Morgan fingerprint density at radius 3 is 2.30 bits per heavy atom. The molecule has 2 aromatic carbocycles. The summed E-state index contributed by atoms with van der Waals surface area (Å²) in [5.41, 5.74) is -0.552. The quantitative estimate of drug-likeness (QED) is 0.655. The first kappa shape index (κ1) is 21.5. The number of amides is 1. The Kier molecular flexibility index (Phi) is 6.52. The third-order valence-corrected chi connectivity index (χ3v) is 5.21. The van der Waals surface area contributed by atoms with Crippen molar-refractivity contribution in [3.63, 3.8) is 0 Å². The van der Waals surface area contributed by atoms with Gasteiger partial charge in [0.25, 0.3) is 11.5 Å². The van der Waals surface area contributed by atoms with Crippen molar-refractivity contribution in [3.05, 3.63) is 91.7 Å². The standard InChI is InChI=1S/C22H23ClN4O3/c1-4-14(2)24-20(28)19-21(29)26(15(3)16-8-6-5-7-9-16)22(30)27(25-19)18-12-10-17(23)11-13-18/h5-15H,4H2,1-3H3,(H,24,28)/t14-,15+/m0/s1. The van der Waals surface area contributed by atoms with Gasteiger partial charge in [-0.1, -0.05) is 48.9 Å². The average molecular weight is 427 g/mol. The monoisotopic (exact) mass is 426 g/mol. The minimum absolute atomic E-state index is 0.144. The molecule has 0 bridgehead atoms. The molecule has 0 aliphatic heterocycles. The van der Waals surface area contributed by atoms with E-state index < -0.39 is 23.2 Å². The average Bonchev–Trinajstić information content (AvgIpc) is 2.75. The van der Waals surface area contributed by atoms with Crippen molar-refractivity contribution in [1.82, 2.24) is 19.7 Å². The van der Waals surface area contributed by atoms with Crippen molar-refractivity contribution in [2.75, 3.05) is 0 Å². The van der Waals surface area contributed by atoms with Crippen LogP contribution in [0.4, 0.5) is 0 Å². The predicted octanol–water partition coefficient (Wildman–Crippen LogP) is 3.19. The molecule has 156 valence electrons. The summed E-state index contributed by atoms with van der Waals surface area (Å²) in [7, 11) is 0. The smallest absolute Gasteiger partial charge is 0.348 e. The topological polar surface area (TPSA) is 86.0 Å². The van der Waals surface area contributed by atoms with Gasteiger partial charge in [-0.25, -0.2) is 9.36 Å². The number of halogens is 1. The molecule has 0 unspecified atom stereocenters. The maximum absolute atomic E-state index is 13.2. The van der Waals surface area contributed by atoms with Crippen LogP contribution in [0, 0.1) is 0 Å². The second-order valence-electron chi connectivity index (χ2n) is 7.06. The van der Waals surface area contributed by atoms with Crippen LogP contribution < -0.4 is 16.6 Å². The number of carbonyl (C=O) groups excluding carboxylic acids is 1. The molecular formula is C22H23ClN4O3. The lowest BCUT2D eigenvalue weighted by Gasteiger charge is -2.18. The Bertz CT molecular complexity index is 1150. The molecule has 0 saturated heterocycles. The van der Waals surface area contributed by atoms with Crippen LogP contribution in [0.3, 0.4) is 0 Å². The fraction of sp³-hybridized carbons (Fsp3) is 0.273. The molecule has 7 nitrogen and oxygen atoms in total. The van der Waals surface area contributed by atoms with E-state index in [9.17, 15) is 14.4 Å². The SMILES string of the molecule is CC[C@H](C)NC(=O)c1nn(-c2ccc(Cl)cc2)c(=O)n([C@H](C)c2ccccc2)c1=O. The van der Waals surface area contributed by atoms with Crippen LogP contribution in [0.15, 0.2) is 64.2 Å². The Morgan fingerprint density at radius 2 is 1.70 bits per heavy atom. The third kappa shape index (κ3) is 4.36. The Balaban J connectivity index is 2.24. The van der Waals surface area contributed by atoms with E-state index in [1.54, 1.807) is 31.2 Å². The fourth-order valence-electron chi connectivity index (χ4n) is 3.00. The Morgan fingerprint density at radius 1 is 1.07 bits per heavy atom. The summed E-state index contributed by atoms with van der Waals surface area (Å²) in [5.74, 6) is -0.619. The first-order valence-electron chi connectivity index (χ1n) is 9.71. The highest BCUT2D eigenvalue weighted by Crippen LogP contribution is 2.15. The zero-order chi connectivity index (χ0) is 21.8. The van der Waals surface area contributed by atoms with Crippen LogP contribution >= 0.6 is 11.6 Å². The lowest BCUT2D eigenvalue weighted by molar-refractivity contribution is 0.0929. The van der Waals surface area contributed by atoms with Gasteiger partial charge >= 0.3 is 5.69 Å². The summed E-state index contributed by atoms with van der Waals surface area (Å²) < 4.78 is 2.12. The summed E-state index contributed by atoms with van der Waals surface area (Å²) in [4.78, 5) is 39.2. The third-order valence-electron chi connectivity index (χ3n) is 4.95. The number of carbonyl (C=O) groups is 1. The van der Waals surface area contributed by atoms with Crippen LogP contribution in [-0.2, 0) is 0 Å². The normalized spacial score (nSPS) is 12.9. The largest absolute Gasteiger partial charge is 0.352 e. The molecule has 2 atom stereocenters. The van der Waals surface area contributed by atoms with Crippen LogP contribution in [0.1, 0.15) is 49.3 Å². The Labute approximate surface area is 178 Å². The van der Waals surface area contributed by atoms with Crippen LogP contribution in [0.5, 0.6) is 0 Å². The second kappa shape index (κ2) is 9.09. The molecule has 0 aliphatic carbocycles. The molecule has 3 aromatic rings. The van der Waals surface area contributed by atoms with Gasteiger partial charge in [0, 0.05) is 11.1 Å². The molecule has 0 saturated carbocycles. The van der Waals surface area contributed by atoms with Crippen LogP contribution in [0.25, 0.3) is 5.69 Å². The highest BCUT2D eigenvalue weighted by atomic mass is 35.5. The lowest BCUT2D eigenvalue weighted by atomic mass is 10.1. The van der Waals surface area contributed by atoms with Gasteiger partial charge in [0.05, 0.1) is 11.7 Å². The van der Waals surface area contributed by atoms with Gasteiger partial charge in [-0.2, -0.15) is 9.78 Å². The summed E-state index contributed by atoms with van der Waals surface area (Å²) in [5, 5.41) is 7.35. The van der Waals surface area contributed by atoms with E-state index in [1.165, 1.54) is 0 Å². The second-order valence-corrected chi connectivity index (χ2v) is 7.50. The Hall–Kier alpha value is -3.19. The van der Waals surface area contributed by atoms with Crippen molar-refractivity contribution < 1.29 is 4.79 Å². The first-order chi connectivity index (χ1) is 14.3. The molecule has 0 aliphatic rings. The molecule has 8 heteroatoms. The maximum atomic E-state index is 13.2. The van der Waals surface area contributed by atoms with Crippen LogP contribution in [-0.4, -0.2) is 26.3 Å². The van der Waals surface area contributed by atoms with Gasteiger partial charge in [0.1, 0.15) is 0 Å². The number of hydrogen-bond donors (Lipinski definition) is 1. The van der Waals surface area contributed by atoms with Gasteiger partial charge in [-0.05, 0) is 50.1 Å². The number of rotatable bonds is 6.